The third-order valence-electron chi connectivity index (χ3n) is 4.28. The normalized spacial score (nSPS) is 12.6. The fourth-order valence-electron chi connectivity index (χ4n) is 2.71. The van der Waals surface area contributed by atoms with Crippen LogP contribution in [0.1, 0.15) is 30.6 Å². The second-order valence-corrected chi connectivity index (χ2v) is 6.66. The smallest absolute Gasteiger partial charge is 0.327 e. The molecule has 0 fully saturated rings. The van der Waals surface area contributed by atoms with Crippen LogP contribution in [0.2, 0.25) is 0 Å². The first-order valence-corrected chi connectivity index (χ1v) is 9.73. The fraction of sp³-hybridized carbons (Fsp3) is 0.364. The predicted octanol–water partition coefficient (Wildman–Crippen LogP) is 3.03. The number of amides is 1. The van der Waals surface area contributed by atoms with E-state index in [1.54, 1.807) is 31.2 Å². The van der Waals surface area contributed by atoms with Gasteiger partial charge in [0.2, 0.25) is 0 Å². The Morgan fingerprint density at radius 3 is 2.30 bits per heavy atom. The molecule has 2 rings (SSSR count). The molecule has 2 atom stereocenters. The number of nitrogens with two attached hydrogens (primary N) is 1. The highest BCUT2D eigenvalue weighted by Crippen LogP contribution is 2.21. The number of rotatable bonds is 12. The molecule has 8 nitrogen and oxygen atoms in total. The molecule has 0 saturated heterocycles. The molecule has 0 spiro atoms. The lowest BCUT2D eigenvalue weighted by Crippen LogP contribution is -2.40. The minimum Gasteiger partial charge on any atom is -0.457 e. The third-order valence-corrected chi connectivity index (χ3v) is 4.28. The van der Waals surface area contributed by atoms with Crippen LogP contribution in [0.4, 0.5) is 0 Å². The van der Waals surface area contributed by atoms with Gasteiger partial charge in [0, 0.05) is 12.2 Å². The Bertz CT molecular complexity index is 782. The summed E-state index contributed by atoms with van der Waals surface area (Å²) in [5, 5.41) is 2.88. The fourth-order valence-corrected chi connectivity index (χ4v) is 2.71. The van der Waals surface area contributed by atoms with Crippen LogP contribution in [0.15, 0.2) is 54.6 Å². The highest BCUT2D eigenvalue weighted by atomic mass is 16.7. The number of benzene rings is 2. The predicted molar refractivity (Wildman–Crippen MR) is 111 cm³/mol. The van der Waals surface area contributed by atoms with E-state index in [1.807, 2.05) is 37.3 Å². The maximum Gasteiger partial charge on any atom is 0.327 e. The molecule has 0 saturated carbocycles. The van der Waals surface area contributed by atoms with Crippen molar-refractivity contribution < 1.29 is 28.6 Å². The van der Waals surface area contributed by atoms with Crippen molar-refractivity contribution in [2.45, 2.75) is 26.3 Å². The first-order chi connectivity index (χ1) is 14.5. The van der Waals surface area contributed by atoms with Crippen molar-refractivity contribution >= 4 is 11.9 Å². The molecule has 2 aromatic carbocycles. The van der Waals surface area contributed by atoms with Gasteiger partial charge in [-0.15, -0.1) is 0 Å². The summed E-state index contributed by atoms with van der Waals surface area (Å²) in [7, 11) is 0. The van der Waals surface area contributed by atoms with Crippen molar-refractivity contribution in [3.63, 3.8) is 0 Å². The van der Waals surface area contributed by atoms with E-state index in [4.69, 9.17) is 20.1 Å². The molecule has 3 N–H and O–H groups in total. The van der Waals surface area contributed by atoms with Crippen LogP contribution in [0, 0.1) is 5.92 Å². The van der Waals surface area contributed by atoms with Crippen LogP contribution < -0.4 is 16.0 Å². The number of hydrogen-bond acceptors (Lipinski definition) is 7. The Morgan fingerprint density at radius 2 is 1.67 bits per heavy atom. The number of carbonyl (C=O) groups is 2. The average molecular weight is 416 g/mol. The largest absolute Gasteiger partial charge is 0.457 e. The average Bonchev–Trinajstić information content (AvgIpc) is 2.77. The molecule has 162 valence electrons. The van der Waals surface area contributed by atoms with Crippen LogP contribution in [0.25, 0.3) is 0 Å². The van der Waals surface area contributed by atoms with E-state index in [1.165, 1.54) is 0 Å². The van der Waals surface area contributed by atoms with E-state index in [0.717, 1.165) is 0 Å². The summed E-state index contributed by atoms with van der Waals surface area (Å²) in [6.45, 7) is 4.33. The topological polar surface area (TPSA) is 109 Å². The van der Waals surface area contributed by atoms with Crippen LogP contribution >= 0.6 is 0 Å². The number of ether oxygens (including phenoxy) is 3. The van der Waals surface area contributed by atoms with Gasteiger partial charge in [0.25, 0.3) is 5.91 Å². The summed E-state index contributed by atoms with van der Waals surface area (Å²) in [6.07, 6.45) is 0.309. The molecule has 1 amide bonds. The quantitative estimate of drug-likeness (QED) is 0.311. The molecular weight excluding hydrogens is 388 g/mol. The number of para-hydroxylation sites is 1. The second kappa shape index (κ2) is 12.6. The standard InChI is InChI=1S/C22H28N2O6/c1-3-27-15-28-14-18(13-16(2)22(26)30-23)24-21(25)17-9-11-20(12-10-17)29-19-7-5-4-6-8-19/h4-12,16,18H,3,13-15,23H2,1-2H3,(H,24,25)/t16-,18-/m0/s1. The number of nitrogens with one attached hydrogen (secondary N) is 1. The molecule has 0 unspecified atom stereocenters. The molecule has 0 aromatic heterocycles. The molecule has 0 aliphatic rings. The molecule has 0 bridgehead atoms. The van der Waals surface area contributed by atoms with Gasteiger partial charge < -0.3 is 24.4 Å². The van der Waals surface area contributed by atoms with E-state index in [-0.39, 0.29) is 19.3 Å². The Kier molecular flexibility index (Phi) is 9.79. The van der Waals surface area contributed by atoms with Crippen molar-refractivity contribution in [3.8, 4) is 11.5 Å². The molecular formula is C22H28N2O6. The Labute approximate surface area is 176 Å². The van der Waals surface area contributed by atoms with Crippen molar-refractivity contribution in [1.29, 1.82) is 0 Å². The lowest BCUT2D eigenvalue weighted by Gasteiger charge is -2.21. The minimum absolute atomic E-state index is 0.101. The highest BCUT2D eigenvalue weighted by Gasteiger charge is 2.22. The van der Waals surface area contributed by atoms with E-state index < -0.39 is 17.9 Å². The van der Waals surface area contributed by atoms with Gasteiger partial charge in [0.15, 0.2) is 0 Å². The summed E-state index contributed by atoms with van der Waals surface area (Å²) in [5.41, 5.74) is 0.458. The zero-order valence-corrected chi connectivity index (χ0v) is 17.2. The molecule has 0 aliphatic carbocycles. The van der Waals surface area contributed by atoms with Gasteiger partial charge in [0.05, 0.1) is 18.6 Å². The summed E-state index contributed by atoms with van der Waals surface area (Å²) in [5.74, 6) is 4.93. The SMILES string of the molecule is CCOCOC[C@H](C[C@H](C)C(=O)ON)NC(=O)c1ccc(Oc2ccccc2)cc1. The Hall–Kier alpha value is -2.94. The van der Waals surface area contributed by atoms with Gasteiger partial charge in [-0.1, -0.05) is 25.1 Å². The van der Waals surface area contributed by atoms with Crippen molar-refractivity contribution in [2.75, 3.05) is 20.0 Å². The maximum absolute atomic E-state index is 12.7. The molecule has 2 aromatic rings. The first kappa shape index (κ1) is 23.3. The summed E-state index contributed by atoms with van der Waals surface area (Å²) < 4.78 is 16.3. The summed E-state index contributed by atoms with van der Waals surface area (Å²) in [6, 6.07) is 15.7. The number of carbonyl (C=O) groups excluding carboxylic acids is 2. The van der Waals surface area contributed by atoms with Gasteiger partial charge >= 0.3 is 5.97 Å². The van der Waals surface area contributed by atoms with E-state index in [0.29, 0.717) is 30.1 Å². The first-order valence-electron chi connectivity index (χ1n) is 9.73. The highest BCUT2D eigenvalue weighted by molar-refractivity contribution is 5.94. The Morgan fingerprint density at radius 1 is 1.00 bits per heavy atom. The van der Waals surface area contributed by atoms with Gasteiger partial charge in [-0.2, -0.15) is 5.90 Å². The van der Waals surface area contributed by atoms with Crippen LogP contribution in [-0.4, -0.2) is 37.9 Å². The lowest BCUT2D eigenvalue weighted by molar-refractivity contribution is -0.149. The van der Waals surface area contributed by atoms with Crippen LogP contribution in [0.5, 0.6) is 11.5 Å². The van der Waals surface area contributed by atoms with E-state index in [2.05, 4.69) is 10.2 Å². The maximum atomic E-state index is 12.7. The van der Waals surface area contributed by atoms with Gasteiger partial charge in [-0.05, 0) is 49.7 Å². The lowest BCUT2D eigenvalue weighted by atomic mass is 10.0. The molecule has 30 heavy (non-hydrogen) atoms. The Balaban J connectivity index is 1.97. The molecule has 0 radical (unpaired) electrons. The van der Waals surface area contributed by atoms with Gasteiger partial charge in [0.1, 0.15) is 18.3 Å². The van der Waals surface area contributed by atoms with Crippen molar-refractivity contribution in [1.82, 2.24) is 5.32 Å². The zero-order chi connectivity index (χ0) is 21.8. The van der Waals surface area contributed by atoms with Gasteiger partial charge in [-0.25, -0.2) is 0 Å². The minimum atomic E-state index is -0.554. The van der Waals surface area contributed by atoms with Gasteiger partial charge in [-0.3, -0.25) is 9.59 Å². The molecule has 8 heteroatoms. The van der Waals surface area contributed by atoms with Crippen molar-refractivity contribution in [2.24, 2.45) is 11.8 Å². The summed E-state index contributed by atoms with van der Waals surface area (Å²) >= 11 is 0. The van der Waals surface area contributed by atoms with E-state index in [9.17, 15) is 9.59 Å². The molecule has 0 heterocycles. The van der Waals surface area contributed by atoms with Crippen LogP contribution in [-0.2, 0) is 19.1 Å². The van der Waals surface area contributed by atoms with E-state index >= 15 is 0 Å². The summed E-state index contributed by atoms with van der Waals surface area (Å²) in [4.78, 5) is 28.6. The second-order valence-electron chi connectivity index (χ2n) is 6.66. The van der Waals surface area contributed by atoms with Crippen molar-refractivity contribution in [3.05, 3.63) is 60.2 Å². The van der Waals surface area contributed by atoms with Crippen LogP contribution in [0.3, 0.4) is 0 Å². The zero-order valence-electron chi connectivity index (χ0n) is 17.2. The number of hydrogen-bond donors (Lipinski definition) is 2. The molecule has 0 aliphatic heterocycles. The third kappa shape index (κ3) is 7.82. The monoisotopic (exact) mass is 416 g/mol.